The summed E-state index contributed by atoms with van der Waals surface area (Å²) in [7, 11) is 0. The number of likely N-dealkylation sites (tertiary alicyclic amines) is 1. The van der Waals surface area contributed by atoms with Crippen LogP contribution in [0.2, 0.25) is 0 Å². The zero-order valence-electron chi connectivity index (χ0n) is 19.8. The summed E-state index contributed by atoms with van der Waals surface area (Å²) in [6.45, 7) is 5.95. The van der Waals surface area contributed by atoms with E-state index in [-0.39, 0.29) is 29.7 Å². The van der Waals surface area contributed by atoms with Crippen LogP contribution >= 0.6 is 0 Å². The van der Waals surface area contributed by atoms with E-state index < -0.39 is 5.60 Å². The number of benzene rings is 2. The van der Waals surface area contributed by atoms with Gasteiger partial charge in [0.05, 0.1) is 6.54 Å². The van der Waals surface area contributed by atoms with Crippen LogP contribution < -0.4 is 0 Å². The largest absolute Gasteiger partial charge is 0.444 e. The summed E-state index contributed by atoms with van der Waals surface area (Å²) >= 11 is 0. The number of unbranched alkanes of at least 4 members (excludes halogenated alkanes) is 1. The van der Waals surface area contributed by atoms with E-state index in [2.05, 4.69) is 11.8 Å². The number of amides is 1. The van der Waals surface area contributed by atoms with E-state index in [0.717, 1.165) is 58.3 Å². The normalized spacial score (nSPS) is 20.1. The predicted molar refractivity (Wildman–Crippen MR) is 126 cm³/mol. The molecule has 2 aliphatic heterocycles. The van der Waals surface area contributed by atoms with Crippen molar-refractivity contribution in [3.8, 4) is 0 Å². The minimum absolute atomic E-state index is 0.0718. The van der Waals surface area contributed by atoms with Crippen molar-refractivity contribution in [3.05, 3.63) is 71.3 Å². The Morgan fingerprint density at radius 1 is 0.971 bits per heavy atom. The van der Waals surface area contributed by atoms with E-state index in [1.54, 1.807) is 29.2 Å². The Bertz CT molecular complexity index is 898. The highest BCUT2D eigenvalue weighted by Crippen LogP contribution is 2.42. The summed E-state index contributed by atoms with van der Waals surface area (Å²) < 4.78 is 32.7. The second-order valence-electron chi connectivity index (χ2n) is 9.49. The Morgan fingerprint density at radius 3 is 2.06 bits per heavy atom. The first-order valence-corrected chi connectivity index (χ1v) is 12.3. The number of carbonyl (C=O) groups is 1. The van der Waals surface area contributed by atoms with Crippen molar-refractivity contribution >= 4 is 6.09 Å². The number of ether oxygens (including phenoxy) is 1. The Kier molecular flexibility index (Phi) is 7.84. The van der Waals surface area contributed by atoms with Crippen molar-refractivity contribution in [2.24, 2.45) is 5.92 Å². The molecule has 2 saturated heterocycles. The van der Waals surface area contributed by atoms with Crippen LogP contribution in [0.25, 0.3) is 0 Å². The maximum Gasteiger partial charge on any atom is 0.410 e. The van der Waals surface area contributed by atoms with Crippen molar-refractivity contribution in [2.45, 2.75) is 50.7 Å². The topological polar surface area (TPSA) is 53.0 Å². The Labute approximate surface area is 200 Å². The van der Waals surface area contributed by atoms with Gasteiger partial charge < -0.3 is 19.6 Å². The summed E-state index contributed by atoms with van der Waals surface area (Å²) in [5.74, 6) is -0.810. The zero-order chi connectivity index (χ0) is 24.1. The number of cyclic esters (lactones) is 1. The molecule has 2 aromatic rings. The molecule has 7 heteroatoms. The second-order valence-corrected chi connectivity index (χ2v) is 9.49. The summed E-state index contributed by atoms with van der Waals surface area (Å²) in [4.78, 5) is 16.2. The van der Waals surface area contributed by atoms with Crippen molar-refractivity contribution in [3.63, 3.8) is 0 Å². The maximum atomic E-state index is 13.6. The third kappa shape index (κ3) is 5.41. The number of nitrogens with zero attached hydrogens (tertiary/aromatic N) is 2. The van der Waals surface area contributed by atoms with Gasteiger partial charge in [-0.15, -0.1) is 0 Å². The molecule has 2 heterocycles. The fraction of sp³-hybridized carbons (Fsp3) is 0.519. The summed E-state index contributed by atoms with van der Waals surface area (Å²) in [5.41, 5.74) is -0.0955. The number of hydrogen-bond donors (Lipinski definition) is 1. The molecule has 5 nitrogen and oxygen atoms in total. The lowest BCUT2D eigenvalue weighted by Crippen LogP contribution is -2.45. The molecule has 0 aromatic heterocycles. The number of rotatable bonds is 9. The van der Waals surface area contributed by atoms with Gasteiger partial charge in [0, 0.05) is 13.1 Å². The number of halogens is 2. The van der Waals surface area contributed by atoms with Gasteiger partial charge in [0.2, 0.25) is 0 Å². The fourth-order valence-corrected chi connectivity index (χ4v) is 5.20. The molecule has 4 rings (SSSR count). The molecule has 1 unspecified atom stereocenters. The average molecular weight is 473 g/mol. The Morgan fingerprint density at radius 2 is 1.53 bits per heavy atom. The molecule has 0 spiro atoms. The molecule has 2 aliphatic rings. The van der Waals surface area contributed by atoms with Crippen LogP contribution in [0.5, 0.6) is 0 Å². The van der Waals surface area contributed by atoms with Crippen LogP contribution in [0.15, 0.2) is 48.5 Å². The highest BCUT2D eigenvalue weighted by Gasteiger charge is 2.42. The van der Waals surface area contributed by atoms with E-state index in [9.17, 15) is 18.7 Å². The minimum atomic E-state index is -1.33. The van der Waals surface area contributed by atoms with E-state index in [4.69, 9.17) is 4.74 Å². The summed E-state index contributed by atoms with van der Waals surface area (Å²) in [6, 6.07) is 11.9. The monoisotopic (exact) mass is 472 g/mol. The minimum Gasteiger partial charge on any atom is -0.444 e. The summed E-state index contributed by atoms with van der Waals surface area (Å²) in [6.07, 6.45) is 4.04. The van der Waals surface area contributed by atoms with Gasteiger partial charge >= 0.3 is 6.09 Å². The molecule has 1 amide bonds. The van der Waals surface area contributed by atoms with Crippen molar-refractivity contribution in [2.75, 3.05) is 32.7 Å². The number of carbonyl (C=O) groups excluding carboxylic acids is 1. The maximum absolute atomic E-state index is 13.6. The van der Waals surface area contributed by atoms with Crippen molar-refractivity contribution in [1.29, 1.82) is 0 Å². The van der Waals surface area contributed by atoms with Gasteiger partial charge in [0.1, 0.15) is 23.3 Å². The van der Waals surface area contributed by atoms with Crippen LogP contribution in [0, 0.1) is 17.6 Å². The molecule has 1 atom stereocenters. The lowest BCUT2D eigenvalue weighted by molar-refractivity contribution is -0.0155. The molecule has 0 bridgehead atoms. The second kappa shape index (κ2) is 10.8. The van der Waals surface area contributed by atoms with Gasteiger partial charge in [-0.2, -0.15) is 0 Å². The third-order valence-corrected chi connectivity index (χ3v) is 7.25. The van der Waals surface area contributed by atoms with Gasteiger partial charge in [0.25, 0.3) is 0 Å². The lowest BCUT2D eigenvalue weighted by atomic mass is 9.72. The van der Waals surface area contributed by atoms with Crippen LogP contribution in [0.1, 0.15) is 50.2 Å². The van der Waals surface area contributed by atoms with Crippen LogP contribution in [-0.2, 0) is 10.3 Å². The van der Waals surface area contributed by atoms with Gasteiger partial charge in [-0.1, -0.05) is 37.6 Å². The van der Waals surface area contributed by atoms with Gasteiger partial charge in [-0.25, -0.2) is 13.6 Å². The Hall–Kier alpha value is -2.51. The first kappa shape index (κ1) is 24.6. The van der Waals surface area contributed by atoms with Crippen LogP contribution in [-0.4, -0.2) is 59.8 Å². The van der Waals surface area contributed by atoms with Crippen molar-refractivity contribution in [1.82, 2.24) is 9.80 Å². The van der Waals surface area contributed by atoms with E-state index in [1.807, 2.05) is 0 Å². The molecule has 184 valence electrons. The fourth-order valence-electron chi connectivity index (χ4n) is 5.20. The highest BCUT2D eigenvalue weighted by molar-refractivity contribution is 5.69. The molecular weight excluding hydrogens is 438 g/mol. The van der Waals surface area contributed by atoms with E-state index in [0.29, 0.717) is 17.7 Å². The molecule has 0 aliphatic carbocycles. The first-order valence-electron chi connectivity index (χ1n) is 12.3. The smallest absolute Gasteiger partial charge is 0.410 e. The number of piperidine rings is 1. The quantitative estimate of drug-likeness (QED) is 0.563. The molecule has 34 heavy (non-hydrogen) atoms. The van der Waals surface area contributed by atoms with Crippen LogP contribution in [0.4, 0.5) is 13.6 Å². The third-order valence-electron chi connectivity index (χ3n) is 7.25. The average Bonchev–Trinajstić information content (AvgIpc) is 3.21. The van der Waals surface area contributed by atoms with Gasteiger partial charge in [-0.3, -0.25) is 0 Å². The molecule has 2 aromatic carbocycles. The molecule has 0 saturated carbocycles. The van der Waals surface area contributed by atoms with Gasteiger partial charge in [0.15, 0.2) is 0 Å². The standard InChI is InChI=1S/C27H34F2N2O3/c1-2-3-15-31-19-25(34-26(31)32)14-18-30-16-12-22(13-17-30)27(33,20-4-8-23(28)9-5-20)21-6-10-24(29)11-7-21/h4-11,22,25,33H,2-3,12-19H2,1H3. The zero-order valence-corrected chi connectivity index (χ0v) is 19.8. The number of hydrogen-bond acceptors (Lipinski definition) is 4. The SMILES string of the molecule is CCCCN1CC(CCN2CCC(C(O)(c3ccc(F)cc3)c3ccc(F)cc3)CC2)OC1=O. The van der Waals surface area contributed by atoms with Gasteiger partial charge in [-0.05, 0) is 80.1 Å². The van der Waals surface area contributed by atoms with Crippen LogP contribution in [0.3, 0.4) is 0 Å². The first-order chi connectivity index (χ1) is 16.4. The van der Waals surface area contributed by atoms with E-state index >= 15 is 0 Å². The highest BCUT2D eigenvalue weighted by atomic mass is 19.1. The molecule has 0 radical (unpaired) electrons. The lowest BCUT2D eigenvalue weighted by Gasteiger charge is -2.42. The van der Waals surface area contributed by atoms with E-state index in [1.165, 1.54) is 24.3 Å². The molecule has 2 fully saturated rings. The predicted octanol–water partition coefficient (Wildman–Crippen LogP) is 4.92. The summed E-state index contributed by atoms with van der Waals surface area (Å²) in [5, 5.41) is 12.0. The Balaban J connectivity index is 1.38. The molecule has 1 N–H and O–H groups in total. The van der Waals surface area contributed by atoms with Crippen molar-refractivity contribution < 1.29 is 23.4 Å². The molecular formula is C27H34F2N2O3. The number of aliphatic hydroxyl groups is 1.